The molecule has 0 aliphatic carbocycles. The number of carbonyl (C=O) groups is 1. The second kappa shape index (κ2) is 8.01. The molecule has 0 fully saturated rings. The molecule has 0 aliphatic heterocycles. The zero-order valence-electron chi connectivity index (χ0n) is 8.45. The fraction of sp³-hybridized carbons (Fsp3) is 0.889. The van der Waals surface area contributed by atoms with E-state index in [0.29, 0.717) is 13.2 Å². The van der Waals surface area contributed by atoms with Gasteiger partial charge in [-0.15, -0.1) is 0 Å². The Bertz CT molecular complexity index is 139. The molecule has 0 atom stereocenters. The lowest BCUT2D eigenvalue weighted by Gasteiger charge is -2.13. The van der Waals surface area contributed by atoms with Crippen LogP contribution in [0.2, 0.25) is 0 Å². The standard InChI is InChI=1S/C9H19NO3/c1-9(12)10(2)5-3-4-7-13-8-6-11/h11H,3-8H2,1-2H3. The monoisotopic (exact) mass is 189 g/mol. The van der Waals surface area contributed by atoms with Crippen molar-refractivity contribution in [3.8, 4) is 0 Å². The van der Waals surface area contributed by atoms with E-state index in [1.165, 1.54) is 0 Å². The summed E-state index contributed by atoms with van der Waals surface area (Å²) in [6, 6.07) is 0. The van der Waals surface area contributed by atoms with E-state index in [4.69, 9.17) is 9.84 Å². The molecular formula is C9H19NO3. The van der Waals surface area contributed by atoms with Gasteiger partial charge in [0.05, 0.1) is 13.2 Å². The van der Waals surface area contributed by atoms with Gasteiger partial charge in [-0.3, -0.25) is 4.79 Å². The lowest BCUT2D eigenvalue weighted by Crippen LogP contribution is -2.24. The molecule has 0 aliphatic rings. The third-order valence-corrected chi connectivity index (χ3v) is 1.81. The van der Waals surface area contributed by atoms with E-state index in [2.05, 4.69) is 0 Å². The summed E-state index contributed by atoms with van der Waals surface area (Å²) in [5.41, 5.74) is 0. The molecule has 0 heterocycles. The lowest BCUT2D eigenvalue weighted by molar-refractivity contribution is -0.127. The zero-order valence-corrected chi connectivity index (χ0v) is 8.45. The Morgan fingerprint density at radius 2 is 2.08 bits per heavy atom. The molecular weight excluding hydrogens is 170 g/mol. The van der Waals surface area contributed by atoms with E-state index in [9.17, 15) is 4.79 Å². The number of aliphatic hydroxyl groups excluding tert-OH is 1. The number of nitrogens with zero attached hydrogens (tertiary/aromatic N) is 1. The topological polar surface area (TPSA) is 49.8 Å². The molecule has 0 aromatic carbocycles. The highest BCUT2D eigenvalue weighted by Crippen LogP contribution is 1.93. The van der Waals surface area contributed by atoms with E-state index in [1.54, 1.807) is 18.9 Å². The molecule has 0 spiro atoms. The molecule has 0 saturated carbocycles. The minimum Gasteiger partial charge on any atom is -0.394 e. The maximum Gasteiger partial charge on any atom is 0.219 e. The first-order valence-electron chi connectivity index (χ1n) is 4.58. The number of hydrogen-bond donors (Lipinski definition) is 1. The Morgan fingerprint density at radius 3 is 2.62 bits per heavy atom. The summed E-state index contributed by atoms with van der Waals surface area (Å²) in [5, 5.41) is 8.41. The van der Waals surface area contributed by atoms with Crippen molar-refractivity contribution >= 4 is 5.91 Å². The number of carbonyl (C=O) groups excluding carboxylic acids is 1. The van der Waals surface area contributed by atoms with Crippen LogP contribution in [-0.4, -0.2) is 49.3 Å². The molecule has 4 nitrogen and oxygen atoms in total. The molecule has 78 valence electrons. The Morgan fingerprint density at radius 1 is 1.38 bits per heavy atom. The van der Waals surface area contributed by atoms with Crippen LogP contribution in [0, 0.1) is 0 Å². The van der Waals surface area contributed by atoms with Crippen molar-refractivity contribution < 1.29 is 14.6 Å². The highest BCUT2D eigenvalue weighted by Gasteiger charge is 2.00. The molecule has 0 aromatic heterocycles. The van der Waals surface area contributed by atoms with Gasteiger partial charge in [0.2, 0.25) is 5.91 Å². The third kappa shape index (κ3) is 7.74. The van der Waals surface area contributed by atoms with Crippen molar-refractivity contribution in [1.82, 2.24) is 4.90 Å². The van der Waals surface area contributed by atoms with E-state index < -0.39 is 0 Å². The first-order chi connectivity index (χ1) is 6.18. The number of ether oxygens (including phenoxy) is 1. The van der Waals surface area contributed by atoms with Crippen LogP contribution in [0.3, 0.4) is 0 Å². The van der Waals surface area contributed by atoms with Gasteiger partial charge in [-0.25, -0.2) is 0 Å². The average Bonchev–Trinajstić information content (AvgIpc) is 2.10. The maximum absolute atomic E-state index is 10.8. The lowest BCUT2D eigenvalue weighted by atomic mass is 10.3. The zero-order chi connectivity index (χ0) is 10.1. The average molecular weight is 189 g/mol. The highest BCUT2D eigenvalue weighted by molar-refractivity contribution is 5.72. The van der Waals surface area contributed by atoms with Gasteiger partial charge >= 0.3 is 0 Å². The molecule has 1 amide bonds. The van der Waals surface area contributed by atoms with E-state index in [-0.39, 0.29) is 12.5 Å². The quantitative estimate of drug-likeness (QED) is 0.584. The normalized spacial score (nSPS) is 10.1. The summed E-state index contributed by atoms with van der Waals surface area (Å²) in [7, 11) is 1.79. The fourth-order valence-corrected chi connectivity index (χ4v) is 0.877. The molecule has 0 rings (SSSR count). The van der Waals surface area contributed by atoms with Gasteiger partial charge in [-0.05, 0) is 12.8 Å². The van der Waals surface area contributed by atoms with Crippen LogP contribution < -0.4 is 0 Å². The molecule has 0 bridgehead atoms. The minimum absolute atomic E-state index is 0.0767. The second-order valence-electron chi connectivity index (χ2n) is 2.98. The van der Waals surface area contributed by atoms with E-state index in [0.717, 1.165) is 19.4 Å². The fourth-order valence-electron chi connectivity index (χ4n) is 0.877. The predicted molar refractivity (Wildman–Crippen MR) is 50.4 cm³/mol. The third-order valence-electron chi connectivity index (χ3n) is 1.81. The van der Waals surface area contributed by atoms with Gasteiger partial charge in [0.1, 0.15) is 0 Å². The van der Waals surface area contributed by atoms with Gasteiger partial charge in [0.15, 0.2) is 0 Å². The minimum atomic E-state index is 0.0767. The maximum atomic E-state index is 10.8. The molecule has 0 aromatic rings. The largest absolute Gasteiger partial charge is 0.394 e. The molecule has 0 radical (unpaired) electrons. The molecule has 0 unspecified atom stereocenters. The summed E-state index contributed by atoms with van der Waals surface area (Å²) >= 11 is 0. The summed E-state index contributed by atoms with van der Waals surface area (Å²) in [6.45, 7) is 3.47. The first kappa shape index (κ1) is 12.4. The predicted octanol–water partition coefficient (Wildman–Crippen LogP) is 0.254. The first-order valence-corrected chi connectivity index (χ1v) is 4.58. The van der Waals surface area contributed by atoms with Gasteiger partial charge in [0, 0.05) is 27.1 Å². The number of hydrogen-bond acceptors (Lipinski definition) is 3. The van der Waals surface area contributed by atoms with Gasteiger partial charge < -0.3 is 14.7 Å². The SMILES string of the molecule is CC(=O)N(C)CCCCOCCO. The number of unbranched alkanes of at least 4 members (excludes halogenated alkanes) is 1. The molecule has 13 heavy (non-hydrogen) atoms. The Kier molecular flexibility index (Phi) is 7.63. The van der Waals surface area contributed by atoms with Crippen LogP contribution in [0.4, 0.5) is 0 Å². The van der Waals surface area contributed by atoms with Crippen molar-refractivity contribution in [3.05, 3.63) is 0 Å². The number of amides is 1. The number of aliphatic hydroxyl groups is 1. The molecule has 1 N–H and O–H groups in total. The van der Waals surface area contributed by atoms with Crippen LogP contribution in [0.15, 0.2) is 0 Å². The highest BCUT2D eigenvalue weighted by atomic mass is 16.5. The van der Waals surface area contributed by atoms with E-state index in [1.807, 2.05) is 0 Å². The van der Waals surface area contributed by atoms with Crippen LogP contribution in [0.1, 0.15) is 19.8 Å². The summed E-state index contributed by atoms with van der Waals surface area (Å²) in [6.07, 6.45) is 1.87. The smallest absolute Gasteiger partial charge is 0.219 e. The summed E-state index contributed by atoms with van der Waals surface area (Å²) in [4.78, 5) is 12.5. The molecule has 4 heteroatoms. The van der Waals surface area contributed by atoms with Crippen LogP contribution in [0.5, 0.6) is 0 Å². The van der Waals surface area contributed by atoms with Crippen molar-refractivity contribution in [1.29, 1.82) is 0 Å². The van der Waals surface area contributed by atoms with Crippen molar-refractivity contribution in [2.24, 2.45) is 0 Å². The number of rotatable bonds is 7. The van der Waals surface area contributed by atoms with Gasteiger partial charge in [-0.1, -0.05) is 0 Å². The van der Waals surface area contributed by atoms with E-state index >= 15 is 0 Å². The van der Waals surface area contributed by atoms with Crippen LogP contribution in [-0.2, 0) is 9.53 Å². The second-order valence-corrected chi connectivity index (χ2v) is 2.98. The Balaban J connectivity index is 3.11. The van der Waals surface area contributed by atoms with Gasteiger partial charge in [-0.2, -0.15) is 0 Å². The Labute approximate surface area is 79.5 Å². The van der Waals surface area contributed by atoms with Gasteiger partial charge in [0.25, 0.3) is 0 Å². The van der Waals surface area contributed by atoms with Crippen molar-refractivity contribution in [2.75, 3.05) is 33.4 Å². The Hall–Kier alpha value is -0.610. The molecule has 0 saturated heterocycles. The van der Waals surface area contributed by atoms with Crippen molar-refractivity contribution in [2.45, 2.75) is 19.8 Å². The van der Waals surface area contributed by atoms with Crippen molar-refractivity contribution in [3.63, 3.8) is 0 Å². The summed E-state index contributed by atoms with van der Waals surface area (Å²) in [5.74, 6) is 0.0938. The van der Waals surface area contributed by atoms with Crippen LogP contribution >= 0.6 is 0 Å². The van der Waals surface area contributed by atoms with Crippen LogP contribution in [0.25, 0.3) is 0 Å². The summed E-state index contributed by atoms with van der Waals surface area (Å²) < 4.78 is 5.07.